The van der Waals surface area contributed by atoms with E-state index >= 15 is 0 Å². The average Bonchev–Trinajstić information content (AvgIpc) is 2.58. The lowest BCUT2D eigenvalue weighted by atomic mass is 10.1. The molecule has 2 aromatic rings. The van der Waals surface area contributed by atoms with E-state index in [0.717, 1.165) is 18.6 Å². The Balaban J connectivity index is 1.97. The third-order valence-electron chi connectivity index (χ3n) is 3.87. The van der Waals surface area contributed by atoms with Crippen molar-refractivity contribution in [1.82, 2.24) is 0 Å². The SMILES string of the molecule is CCCCCCCC(Oc1ccc(N)cc1)Oc1ccccc1N. The maximum Gasteiger partial charge on any atom is 0.241 e. The first kappa shape index (κ1) is 18.0. The zero-order valence-corrected chi connectivity index (χ0v) is 14.4. The van der Waals surface area contributed by atoms with Gasteiger partial charge in [-0.3, -0.25) is 0 Å². The Morgan fingerprint density at radius 1 is 0.833 bits per heavy atom. The number of unbranched alkanes of at least 4 members (excludes halogenated alkanes) is 4. The minimum atomic E-state index is -0.361. The Kier molecular flexibility index (Phi) is 7.27. The van der Waals surface area contributed by atoms with Crippen LogP contribution >= 0.6 is 0 Å². The van der Waals surface area contributed by atoms with Crippen LogP contribution < -0.4 is 20.9 Å². The van der Waals surface area contributed by atoms with Crippen LogP contribution in [0.25, 0.3) is 0 Å². The van der Waals surface area contributed by atoms with Crippen LogP contribution in [0.1, 0.15) is 45.4 Å². The van der Waals surface area contributed by atoms with Gasteiger partial charge in [0.15, 0.2) is 0 Å². The lowest BCUT2D eigenvalue weighted by Crippen LogP contribution is -2.24. The maximum absolute atomic E-state index is 6.01. The van der Waals surface area contributed by atoms with Gasteiger partial charge in [0.05, 0.1) is 5.69 Å². The number of para-hydroxylation sites is 2. The summed E-state index contributed by atoms with van der Waals surface area (Å²) < 4.78 is 12.0. The average molecular weight is 328 g/mol. The molecule has 0 spiro atoms. The summed E-state index contributed by atoms with van der Waals surface area (Å²) in [7, 11) is 0. The second kappa shape index (κ2) is 9.71. The minimum Gasteiger partial charge on any atom is -0.455 e. The van der Waals surface area contributed by atoms with Crippen molar-refractivity contribution < 1.29 is 9.47 Å². The van der Waals surface area contributed by atoms with Crippen molar-refractivity contribution in [3.8, 4) is 11.5 Å². The van der Waals surface area contributed by atoms with Crippen LogP contribution in [0.15, 0.2) is 48.5 Å². The number of anilines is 2. The fourth-order valence-electron chi connectivity index (χ4n) is 2.48. The third kappa shape index (κ3) is 6.03. The molecule has 1 atom stereocenters. The van der Waals surface area contributed by atoms with Gasteiger partial charge in [0.1, 0.15) is 11.5 Å². The van der Waals surface area contributed by atoms with Crippen molar-refractivity contribution in [2.75, 3.05) is 11.5 Å². The molecule has 4 N–H and O–H groups in total. The van der Waals surface area contributed by atoms with Crippen LogP contribution in [0.4, 0.5) is 11.4 Å². The van der Waals surface area contributed by atoms with Crippen molar-refractivity contribution in [2.24, 2.45) is 0 Å². The second-order valence-corrected chi connectivity index (χ2v) is 5.98. The van der Waals surface area contributed by atoms with E-state index in [0.29, 0.717) is 17.1 Å². The number of rotatable bonds is 10. The first-order valence-electron chi connectivity index (χ1n) is 8.72. The molecule has 0 aromatic heterocycles. The number of nitrogens with two attached hydrogens (primary N) is 2. The highest BCUT2D eigenvalue weighted by atomic mass is 16.7. The molecule has 0 radical (unpaired) electrons. The van der Waals surface area contributed by atoms with Gasteiger partial charge in [0.2, 0.25) is 6.29 Å². The molecule has 130 valence electrons. The van der Waals surface area contributed by atoms with E-state index < -0.39 is 0 Å². The molecule has 0 aliphatic rings. The number of benzene rings is 2. The van der Waals surface area contributed by atoms with Crippen LogP contribution in [0.5, 0.6) is 11.5 Å². The molecular formula is C20H28N2O2. The summed E-state index contributed by atoms with van der Waals surface area (Å²) in [6, 6.07) is 14.9. The van der Waals surface area contributed by atoms with E-state index in [2.05, 4.69) is 6.92 Å². The Hall–Kier alpha value is -2.36. The summed E-state index contributed by atoms with van der Waals surface area (Å²) in [5.74, 6) is 1.41. The predicted molar refractivity (Wildman–Crippen MR) is 100 cm³/mol. The Morgan fingerprint density at radius 3 is 2.25 bits per heavy atom. The quantitative estimate of drug-likeness (QED) is 0.366. The van der Waals surface area contributed by atoms with E-state index in [1.165, 1.54) is 25.7 Å². The molecule has 0 bridgehead atoms. The molecule has 0 fully saturated rings. The Bertz CT molecular complexity index is 599. The van der Waals surface area contributed by atoms with Gasteiger partial charge in [-0.05, 0) is 42.8 Å². The number of hydrogen-bond acceptors (Lipinski definition) is 4. The first-order chi connectivity index (χ1) is 11.7. The van der Waals surface area contributed by atoms with Gasteiger partial charge >= 0.3 is 0 Å². The standard InChI is InChI=1S/C20H28N2O2/c1-2-3-4-5-6-11-20(23-17-14-12-16(21)13-15-17)24-19-10-8-7-9-18(19)22/h7-10,12-15,20H,2-6,11,21-22H2,1H3. The molecular weight excluding hydrogens is 300 g/mol. The van der Waals surface area contributed by atoms with E-state index in [1.54, 1.807) is 0 Å². The van der Waals surface area contributed by atoms with Gasteiger partial charge in [-0.1, -0.05) is 44.7 Å². The van der Waals surface area contributed by atoms with Crippen molar-refractivity contribution >= 4 is 11.4 Å². The van der Waals surface area contributed by atoms with Gasteiger partial charge < -0.3 is 20.9 Å². The molecule has 2 aromatic carbocycles. The highest BCUT2D eigenvalue weighted by molar-refractivity contribution is 5.51. The van der Waals surface area contributed by atoms with Crippen LogP contribution in [-0.2, 0) is 0 Å². The molecule has 1 unspecified atom stereocenters. The van der Waals surface area contributed by atoms with Gasteiger partial charge in [-0.15, -0.1) is 0 Å². The summed E-state index contributed by atoms with van der Waals surface area (Å²) in [5.41, 5.74) is 13.0. The van der Waals surface area contributed by atoms with Crippen molar-refractivity contribution in [3.63, 3.8) is 0 Å². The highest BCUT2D eigenvalue weighted by Gasteiger charge is 2.14. The Morgan fingerprint density at radius 2 is 1.54 bits per heavy atom. The molecule has 0 saturated heterocycles. The largest absolute Gasteiger partial charge is 0.455 e. The van der Waals surface area contributed by atoms with Crippen LogP contribution in [-0.4, -0.2) is 6.29 Å². The lowest BCUT2D eigenvalue weighted by Gasteiger charge is -2.21. The molecule has 24 heavy (non-hydrogen) atoms. The van der Waals surface area contributed by atoms with Gasteiger partial charge in [-0.2, -0.15) is 0 Å². The summed E-state index contributed by atoms with van der Waals surface area (Å²) in [4.78, 5) is 0. The van der Waals surface area contributed by atoms with Gasteiger partial charge in [0, 0.05) is 12.1 Å². The molecule has 0 aliphatic heterocycles. The second-order valence-electron chi connectivity index (χ2n) is 5.98. The lowest BCUT2D eigenvalue weighted by molar-refractivity contribution is -0.00188. The van der Waals surface area contributed by atoms with Crippen molar-refractivity contribution in [2.45, 2.75) is 51.7 Å². The topological polar surface area (TPSA) is 70.5 Å². The van der Waals surface area contributed by atoms with Crippen molar-refractivity contribution in [3.05, 3.63) is 48.5 Å². The Labute approximate surface area is 144 Å². The predicted octanol–water partition coefficient (Wildman–Crippen LogP) is 5.00. The fraction of sp³-hybridized carbons (Fsp3) is 0.400. The van der Waals surface area contributed by atoms with Crippen molar-refractivity contribution in [1.29, 1.82) is 0 Å². The monoisotopic (exact) mass is 328 g/mol. The minimum absolute atomic E-state index is 0.361. The number of nitrogen functional groups attached to an aromatic ring is 2. The van der Waals surface area contributed by atoms with Gasteiger partial charge in [-0.25, -0.2) is 0 Å². The highest BCUT2D eigenvalue weighted by Crippen LogP contribution is 2.25. The summed E-state index contributed by atoms with van der Waals surface area (Å²) in [6.07, 6.45) is 6.47. The zero-order valence-electron chi connectivity index (χ0n) is 14.4. The van der Waals surface area contributed by atoms with E-state index in [1.807, 2.05) is 48.5 Å². The molecule has 0 amide bonds. The van der Waals surface area contributed by atoms with Crippen LogP contribution in [0, 0.1) is 0 Å². The first-order valence-corrected chi connectivity index (χ1v) is 8.72. The van der Waals surface area contributed by atoms with Gasteiger partial charge in [0.25, 0.3) is 0 Å². The number of hydrogen-bond donors (Lipinski definition) is 2. The van der Waals surface area contributed by atoms with E-state index in [-0.39, 0.29) is 6.29 Å². The molecule has 0 saturated carbocycles. The molecule has 0 heterocycles. The molecule has 4 nitrogen and oxygen atoms in total. The maximum atomic E-state index is 6.01. The fourth-order valence-corrected chi connectivity index (χ4v) is 2.48. The molecule has 2 rings (SSSR count). The van der Waals surface area contributed by atoms with E-state index in [9.17, 15) is 0 Å². The zero-order chi connectivity index (χ0) is 17.2. The van der Waals surface area contributed by atoms with Crippen LogP contribution in [0.3, 0.4) is 0 Å². The summed E-state index contributed by atoms with van der Waals surface area (Å²) in [6.45, 7) is 2.22. The molecule has 0 aliphatic carbocycles. The normalized spacial score (nSPS) is 11.9. The van der Waals surface area contributed by atoms with Crippen LogP contribution in [0.2, 0.25) is 0 Å². The third-order valence-corrected chi connectivity index (χ3v) is 3.87. The summed E-state index contributed by atoms with van der Waals surface area (Å²) in [5, 5.41) is 0. The molecule has 4 heteroatoms. The van der Waals surface area contributed by atoms with E-state index in [4.69, 9.17) is 20.9 Å². The number of ether oxygens (including phenoxy) is 2. The summed E-state index contributed by atoms with van der Waals surface area (Å²) >= 11 is 0. The smallest absolute Gasteiger partial charge is 0.241 e.